The molecule has 1 amide bonds. The number of anilines is 2. The summed E-state index contributed by atoms with van der Waals surface area (Å²) < 4.78 is 11.0. The van der Waals surface area contributed by atoms with Crippen molar-refractivity contribution in [1.29, 1.82) is 0 Å². The first kappa shape index (κ1) is 19.5. The number of benzene rings is 2. The van der Waals surface area contributed by atoms with E-state index in [4.69, 9.17) is 9.47 Å². The first-order chi connectivity index (χ1) is 14.3. The fourth-order valence-electron chi connectivity index (χ4n) is 3.40. The molecule has 0 radical (unpaired) electrons. The number of hydrogen-bond acceptors (Lipinski definition) is 5. The molecule has 0 saturated carbocycles. The van der Waals surface area contributed by atoms with Gasteiger partial charge in [0.2, 0.25) is 5.91 Å². The minimum absolute atomic E-state index is 0.00115. The van der Waals surface area contributed by atoms with Gasteiger partial charge in [0.15, 0.2) is 0 Å². The first-order valence-electron chi connectivity index (χ1n) is 9.74. The van der Waals surface area contributed by atoms with Gasteiger partial charge in [0, 0.05) is 18.0 Å². The summed E-state index contributed by atoms with van der Waals surface area (Å²) in [5.41, 5.74) is 3.24. The number of para-hydroxylation sites is 3. The van der Waals surface area contributed by atoms with Gasteiger partial charge < -0.3 is 19.7 Å². The van der Waals surface area contributed by atoms with E-state index in [1.54, 1.807) is 0 Å². The lowest BCUT2D eigenvalue weighted by Gasteiger charge is -2.30. The van der Waals surface area contributed by atoms with Crippen LogP contribution in [0.15, 0.2) is 66.0 Å². The van der Waals surface area contributed by atoms with Gasteiger partial charge in [-0.25, -0.2) is 0 Å². The van der Waals surface area contributed by atoms with Crippen LogP contribution in [0.2, 0.25) is 0 Å². The summed E-state index contributed by atoms with van der Waals surface area (Å²) in [5.74, 6) is 0.634. The predicted octanol–water partition coefficient (Wildman–Crippen LogP) is 4.34. The summed E-state index contributed by atoms with van der Waals surface area (Å²) >= 11 is 1.83. The molecule has 5 nitrogen and oxygen atoms in total. The first-order valence-corrected chi connectivity index (χ1v) is 10.6. The van der Waals surface area contributed by atoms with E-state index >= 15 is 0 Å². The molecule has 1 aromatic heterocycles. The van der Waals surface area contributed by atoms with Gasteiger partial charge >= 0.3 is 0 Å². The van der Waals surface area contributed by atoms with E-state index in [2.05, 4.69) is 27.7 Å². The molecule has 2 aromatic carbocycles. The average molecular weight is 409 g/mol. The highest BCUT2D eigenvalue weighted by Gasteiger charge is 2.20. The maximum atomic E-state index is 12.3. The van der Waals surface area contributed by atoms with Crippen molar-refractivity contribution in [3.05, 3.63) is 76.5 Å². The lowest BCUT2D eigenvalue weighted by molar-refractivity contribution is -0.120. The van der Waals surface area contributed by atoms with Crippen LogP contribution >= 0.6 is 11.3 Å². The maximum Gasteiger partial charge on any atom is 0.250 e. The van der Waals surface area contributed by atoms with Crippen LogP contribution in [0.4, 0.5) is 11.4 Å². The summed E-state index contributed by atoms with van der Waals surface area (Å²) in [7, 11) is 0. The third-order valence-electron chi connectivity index (χ3n) is 4.80. The molecular weight excluding hydrogens is 384 g/mol. The minimum Gasteiger partial charge on any atom is -0.491 e. The van der Waals surface area contributed by atoms with Crippen LogP contribution in [-0.2, 0) is 22.5 Å². The molecule has 0 spiro atoms. The highest BCUT2D eigenvalue weighted by molar-refractivity contribution is 7.10. The second-order valence-corrected chi connectivity index (χ2v) is 7.82. The number of hydrogen-bond donors (Lipinski definition) is 1. The van der Waals surface area contributed by atoms with Crippen molar-refractivity contribution >= 4 is 28.6 Å². The molecule has 0 atom stereocenters. The zero-order chi connectivity index (χ0) is 19.9. The Labute approximate surface area is 174 Å². The zero-order valence-electron chi connectivity index (χ0n) is 16.2. The fourth-order valence-corrected chi connectivity index (χ4v) is 4.29. The normalized spacial score (nSPS) is 13.0. The van der Waals surface area contributed by atoms with Gasteiger partial charge in [0.05, 0.1) is 18.0 Å². The lowest BCUT2D eigenvalue weighted by atomic mass is 10.1. The number of nitrogens with zero attached hydrogens (tertiary/aromatic N) is 1. The number of carbonyl (C=O) groups excluding carboxylic acids is 1. The van der Waals surface area contributed by atoms with Crippen molar-refractivity contribution in [2.24, 2.45) is 0 Å². The molecule has 150 valence electrons. The lowest BCUT2D eigenvalue weighted by Crippen LogP contribution is -2.30. The number of thiophene rings is 1. The molecule has 29 heavy (non-hydrogen) atoms. The van der Waals surface area contributed by atoms with Crippen molar-refractivity contribution in [1.82, 2.24) is 0 Å². The summed E-state index contributed by atoms with van der Waals surface area (Å²) in [5, 5.41) is 5.14. The third kappa shape index (κ3) is 5.16. The summed E-state index contributed by atoms with van der Waals surface area (Å²) in [6.45, 7) is 2.59. The SMILES string of the molecule is O=C(COCCOc1ccccc1)Nc1ccccc1N1CCc2sccc2C1. The van der Waals surface area contributed by atoms with Crippen molar-refractivity contribution in [2.75, 3.05) is 36.6 Å². The van der Waals surface area contributed by atoms with Crippen LogP contribution < -0.4 is 15.0 Å². The van der Waals surface area contributed by atoms with Crippen LogP contribution in [-0.4, -0.2) is 32.3 Å². The molecule has 0 unspecified atom stereocenters. The molecular formula is C23H24N2O3S. The standard InChI is InChI=1S/C23H24N2O3S/c26-23(17-27-13-14-28-19-6-2-1-3-7-19)24-20-8-4-5-9-21(20)25-12-10-22-18(16-25)11-15-29-22/h1-9,11,15H,10,12-14,16-17H2,(H,24,26). The van der Waals surface area contributed by atoms with E-state index < -0.39 is 0 Å². The van der Waals surface area contributed by atoms with E-state index in [-0.39, 0.29) is 12.5 Å². The van der Waals surface area contributed by atoms with Gasteiger partial charge in [-0.15, -0.1) is 11.3 Å². The molecule has 0 fully saturated rings. The number of rotatable bonds is 8. The monoisotopic (exact) mass is 408 g/mol. The van der Waals surface area contributed by atoms with Gasteiger partial charge in [-0.1, -0.05) is 30.3 Å². The van der Waals surface area contributed by atoms with E-state index in [1.807, 2.05) is 59.9 Å². The largest absolute Gasteiger partial charge is 0.491 e. The Hall–Kier alpha value is -2.83. The number of ether oxygens (including phenoxy) is 2. The Kier molecular flexibility index (Phi) is 6.44. The van der Waals surface area contributed by atoms with E-state index in [1.165, 1.54) is 10.4 Å². The second kappa shape index (κ2) is 9.58. The van der Waals surface area contributed by atoms with Crippen LogP contribution in [0.3, 0.4) is 0 Å². The molecule has 6 heteroatoms. The maximum absolute atomic E-state index is 12.3. The Morgan fingerprint density at radius 2 is 1.86 bits per heavy atom. The number of nitrogens with one attached hydrogen (secondary N) is 1. The molecule has 4 rings (SSSR count). The average Bonchev–Trinajstić information content (AvgIpc) is 3.22. The van der Waals surface area contributed by atoms with Crippen molar-refractivity contribution in [3.8, 4) is 5.75 Å². The Morgan fingerprint density at radius 1 is 1.03 bits per heavy atom. The van der Waals surface area contributed by atoms with E-state index in [9.17, 15) is 4.79 Å². The number of carbonyl (C=O) groups is 1. The topological polar surface area (TPSA) is 50.8 Å². The van der Waals surface area contributed by atoms with Crippen molar-refractivity contribution < 1.29 is 14.3 Å². The quantitative estimate of drug-likeness (QED) is 0.563. The van der Waals surface area contributed by atoms with E-state index in [0.29, 0.717) is 13.2 Å². The Bertz CT molecular complexity index is 942. The summed E-state index contributed by atoms with van der Waals surface area (Å²) in [6.07, 6.45) is 1.04. The predicted molar refractivity (Wildman–Crippen MR) is 117 cm³/mol. The summed E-state index contributed by atoms with van der Waals surface area (Å²) in [4.78, 5) is 16.1. The third-order valence-corrected chi connectivity index (χ3v) is 5.82. The van der Waals surface area contributed by atoms with Gasteiger partial charge in [-0.05, 0) is 47.7 Å². The molecule has 0 bridgehead atoms. The number of amides is 1. The van der Waals surface area contributed by atoms with Crippen LogP contribution in [0.25, 0.3) is 0 Å². The highest BCUT2D eigenvalue weighted by Crippen LogP contribution is 2.32. The molecule has 0 aliphatic carbocycles. The van der Waals surface area contributed by atoms with Crippen LogP contribution in [0.5, 0.6) is 5.75 Å². The fraction of sp³-hybridized carbons (Fsp3) is 0.261. The van der Waals surface area contributed by atoms with Crippen molar-refractivity contribution in [2.45, 2.75) is 13.0 Å². The van der Waals surface area contributed by atoms with Crippen molar-refractivity contribution in [3.63, 3.8) is 0 Å². The molecule has 2 heterocycles. The molecule has 1 aliphatic rings. The molecule has 3 aromatic rings. The Morgan fingerprint density at radius 3 is 2.76 bits per heavy atom. The van der Waals surface area contributed by atoms with Gasteiger partial charge in [-0.3, -0.25) is 4.79 Å². The van der Waals surface area contributed by atoms with Crippen LogP contribution in [0, 0.1) is 0 Å². The summed E-state index contributed by atoms with van der Waals surface area (Å²) in [6, 6.07) is 19.7. The van der Waals surface area contributed by atoms with Crippen LogP contribution in [0.1, 0.15) is 10.4 Å². The van der Waals surface area contributed by atoms with Gasteiger partial charge in [-0.2, -0.15) is 0 Å². The van der Waals surface area contributed by atoms with Gasteiger partial charge in [0.1, 0.15) is 19.0 Å². The second-order valence-electron chi connectivity index (χ2n) is 6.82. The smallest absolute Gasteiger partial charge is 0.250 e. The molecule has 1 N–H and O–H groups in total. The minimum atomic E-state index is -0.162. The molecule has 1 aliphatic heterocycles. The number of fused-ring (bicyclic) bond motifs is 1. The molecule has 0 saturated heterocycles. The van der Waals surface area contributed by atoms with E-state index in [0.717, 1.165) is 36.6 Å². The highest BCUT2D eigenvalue weighted by atomic mass is 32.1. The zero-order valence-corrected chi connectivity index (χ0v) is 17.0. The van der Waals surface area contributed by atoms with Gasteiger partial charge in [0.25, 0.3) is 0 Å². The Balaban J connectivity index is 1.27.